The van der Waals surface area contributed by atoms with E-state index in [0.29, 0.717) is 18.5 Å². The molecule has 3 nitrogen and oxygen atoms in total. The van der Waals surface area contributed by atoms with Crippen LogP contribution < -0.4 is 11.1 Å². The van der Waals surface area contributed by atoms with E-state index in [1.807, 2.05) is 24.3 Å². The molecule has 0 spiro atoms. The second kappa shape index (κ2) is 7.44. The second-order valence-electron chi connectivity index (χ2n) is 5.89. The lowest BCUT2D eigenvalue weighted by Gasteiger charge is -2.23. The van der Waals surface area contributed by atoms with Crippen molar-refractivity contribution in [2.45, 2.75) is 51.5 Å². The molecule has 2 atom stereocenters. The van der Waals surface area contributed by atoms with Crippen LogP contribution in [0, 0.1) is 5.92 Å². The molecule has 0 aromatic heterocycles. The lowest BCUT2D eigenvalue weighted by atomic mass is 9.96. The molecule has 2 rings (SSSR count). The highest BCUT2D eigenvalue weighted by molar-refractivity contribution is 5.95. The van der Waals surface area contributed by atoms with Crippen molar-refractivity contribution in [1.82, 2.24) is 5.32 Å². The predicted octanol–water partition coefficient (Wildman–Crippen LogP) is 2.89. The summed E-state index contributed by atoms with van der Waals surface area (Å²) in [6, 6.07) is 8.11. The van der Waals surface area contributed by atoms with Gasteiger partial charge in [-0.05, 0) is 43.4 Å². The number of nitrogens with one attached hydrogen (secondary N) is 1. The van der Waals surface area contributed by atoms with Crippen LogP contribution in [0.3, 0.4) is 0 Å². The molecule has 0 aliphatic heterocycles. The minimum absolute atomic E-state index is 0.0628. The molecule has 1 aromatic rings. The monoisotopic (exact) mass is 274 g/mol. The molecule has 3 N–H and O–H groups in total. The fourth-order valence-corrected chi connectivity index (χ4v) is 3.07. The molecule has 0 radical (unpaired) electrons. The highest BCUT2D eigenvalue weighted by atomic mass is 16.1. The van der Waals surface area contributed by atoms with E-state index in [0.717, 1.165) is 24.0 Å². The van der Waals surface area contributed by atoms with Gasteiger partial charge in [0, 0.05) is 11.6 Å². The van der Waals surface area contributed by atoms with Crippen molar-refractivity contribution in [3.05, 3.63) is 35.4 Å². The molecule has 1 aliphatic carbocycles. The Kier molecular flexibility index (Phi) is 5.60. The Labute approximate surface area is 121 Å². The summed E-state index contributed by atoms with van der Waals surface area (Å²) < 4.78 is 0. The quantitative estimate of drug-likeness (QED) is 0.829. The maximum atomic E-state index is 12.5. The number of rotatable bonds is 4. The second-order valence-corrected chi connectivity index (χ2v) is 5.89. The minimum Gasteiger partial charge on any atom is -0.349 e. The lowest BCUT2D eigenvalue weighted by molar-refractivity contribution is 0.0920. The van der Waals surface area contributed by atoms with E-state index in [1.165, 1.54) is 25.7 Å². The Morgan fingerprint density at radius 3 is 2.80 bits per heavy atom. The summed E-state index contributed by atoms with van der Waals surface area (Å²) in [7, 11) is 0. The van der Waals surface area contributed by atoms with Crippen molar-refractivity contribution < 1.29 is 4.79 Å². The van der Waals surface area contributed by atoms with Gasteiger partial charge in [-0.3, -0.25) is 4.79 Å². The van der Waals surface area contributed by atoms with Crippen molar-refractivity contribution in [2.75, 3.05) is 6.54 Å². The van der Waals surface area contributed by atoms with E-state index in [2.05, 4.69) is 12.2 Å². The molecule has 1 amide bonds. The van der Waals surface area contributed by atoms with E-state index in [1.54, 1.807) is 0 Å². The number of carbonyl (C=O) groups excluding carboxylic acids is 1. The normalized spacial score (nSPS) is 23.1. The first kappa shape index (κ1) is 15.0. The summed E-state index contributed by atoms with van der Waals surface area (Å²) in [5.41, 5.74) is 7.46. The molecule has 20 heavy (non-hydrogen) atoms. The average molecular weight is 274 g/mol. The van der Waals surface area contributed by atoms with E-state index >= 15 is 0 Å². The van der Waals surface area contributed by atoms with Gasteiger partial charge in [-0.1, -0.05) is 44.4 Å². The largest absolute Gasteiger partial charge is 0.349 e. The SMILES string of the molecule is CC1CCCCCC1NC(=O)c1ccccc1CCN. The van der Waals surface area contributed by atoms with E-state index in [9.17, 15) is 4.79 Å². The van der Waals surface area contributed by atoms with Gasteiger partial charge >= 0.3 is 0 Å². The smallest absolute Gasteiger partial charge is 0.251 e. The molecule has 2 unspecified atom stereocenters. The number of amides is 1. The summed E-state index contributed by atoms with van der Waals surface area (Å²) in [5, 5.41) is 3.24. The van der Waals surface area contributed by atoms with Gasteiger partial charge in [0.1, 0.15) is 0 Å². The fourth-order valence-electron chi connectivity index (χ4n) is 3.07. The molecular weight excluding hydrogens is 248 g/mol. The predicted molar refractivity (Wildman–Crippen MR) is 82.7 cm³/mol. The van der Waals surface area contributed by atoms with Crippen molar-refractivity contribution >= 4 is 5.91 Å². The number of hydrogen-bond donors (Lipinski definition) is 2. The zero-order valence-electron chi connectivity index (χ0n) is 12.4. The van der Waals surface area contributed by atoms with Gasteiger partial charge in [0.15, 0.2) is 0 Å². The van der Waals surface area contributed by atoms with E-state index < -0.39 is 0 Å². The maximum Gasteiger partial charge on any atom is 0.251 e. The molecular formula is C17H26N2O. The van der Waals surface area contributed by atoms with Crippen molar-refractivity contribution in [1.29, 1.82) is 0 Å². The van der Waals surface area contributed by atoms with Gasteiger partial charge in [0.05, 0.1) is 0 Å². The number of hydrogen-bond acceptors (Lipinski definition) is 2. The van der Waals surface area contributed by atoms with Gasteiger partial charge in [-0.15, -0.1) is 0 Å². The van der Waals surface area contributed by atoms with Crippen LogP contribution in [0.5, 0.6) is 0 Å². The van der Waals surface area contributed by atoms with Crippen LogP contribution in [0.2, 0.25) is 0 Å². The van der Waals surface area contributed by atoms with Crippen LogP contribution in [0.15, 0.2) is 24.3 Å². The van der Waals surface area contributed by atoms with Gasteiger partial charge in [-0.2, -0.15) is 0 Å². The number of nitrogens with two attached hydrogens (primary N) is 1. The minimum atomic E-state index is 0.0628. The summed E-state index contributed by atoms with van der Waals surface area (Å²) in [4.78, 5) is 12.5. The van der Waals surface area contributed by atoms with E-state index in [4.69, 9.17) is 5.73 Å². The summed E-state index contributed by atoms with van der Waals surface area (Å²) >= 11 is 0. The summed E-state index contributed by atoms with van der Waals surface area (Å²) in [6.07, 6.45) is 6.88. The highest BCUT2D eigenvalue weighted by Crippen LogP contribution is 2.23. The van der Waals surface area contributed by atoms with Crippen LogP contribution in [0.4, 0.5) is 0 Å². The third-order valence-electron chi connectivity index (χ3n) is 4.35. The Hall–Kier alpha value is -1.35. The fraction of sp³-hybridized carbons (Fsp3) is 0.588. The van der Waals surface area contributed by atoms with Crippen LogP contribution >= 0.6 is 0 Å². The molecule has 1 aromatic carbocycles. The first-order chi connectivity index (χ1) is 9.72. The third-order valence-corrected chi connectivity index (χ3v) is 4.35. The summed E-state index contributed by atoms with van der Waals surface area (Å²) in [5.74, 6) is 0.635. The molecule has 3 heteroatoms. The lowest BCUT2D eigenvalue weighted by Crippen LogP contribution is -2.39. The zero-order valence-corrected chi connectivity index (χ0v) is 12.4. The Morgan fingerprint density at radius 2 is 2.00 bits per heavy atom. The Balaban J connectivity index is 2.07. The molecule has 1 saturated carbocycles. The third kappa shape index (κ3) is 3.83. The first-order valence-electron chi connectivity index (χ1n) is 7.81. The number of carbonyl (C=O) groups is 1. The average Bonchev–Trinajstić information content (AvgIpc) is 2.65. The van der Waals surface area contributed by atoms with Crippen LogP contribution in [0.25, 0.3) is 0 Å². The summed E-state index contributed by atoms with van der Waals surface area (Å²) in [6.45, 7) is 2.83. The van der Waals surface area contributed by atoms with Crippen molar-refractivity contribution in [2.24, 2.45) is 11.7 Å². The molecule has 0 heterocycles. The highest BCUT2D eigenvalue weighted by Gasteiger charge is 2.22. The molecule has 1 fully saturated rings. The van der Waals surface area contributed by atoms with Crippen LogP contribution in [-0.4, -0.2) is 18.5 Å². The molecule has 110 valence electrons. The zero-order chi connectivity index (χ0) is 14.4. The molecule has 1 aliphatic rings. The first-order valence-corrected chi connectivity index (χ1v) is 7.81. The van der Waals surface area contributed by atoms with Crippen molar-refractivity contribution in [3.63, 3.8) is 0 Å². The maximum absolute atomic E-state index is 12.5. The standard InChI is InChI=1S/C17H26N2O/c1-13-7-3-2-4-10-16(13)19-17(20)15-9-6-5-8-14(15)11-12-18/h5-6,8-9,13,16H,2-4,7,10-12,18H2,1H3,(H,19,20). The van der Waals surface area contributed by atoms with Crippen molar-refractivity contribution in [3.8, 4) is 0 Å². The molecule has 0 bridgehead atoms. The van der Waals surface area contributed by atoms with Gasteiger partial charge in [0.2, 0.25) is 0 Å². The Morgan fingerprint density at radius 1 is 1.25 bits per heavy atom. The van der Waals surface area contributed by atoms with Gasteiger partial charge < -0.3 is 11.1 Å². The van der Waals surface area contributed by atoms with Gasteiger partial charge in [-0.25, -0.2) is 0 Å². The topological polar surface area (TPSA) is 55.1 Å². The van der Waals surface area contributed by atoms with Crippen LogP contribution in [0.1, 0.15) is 54.9 Å². The van der Waals surface area contributed by atoms with E-state index in [-0.39, 0.29) is 5.91 Å². The molecule has 0 saturated heterocycles. The van der Waals surface area contributed by atoms with Gasteiger partial charge in [0.25, 0.3) is 5.91 Å². The van der Waals surface area contributed by atoms with Crippen LogP contribution in [-0.2, 0) is 6.42 Å². The number of benzene rings is 1. The Bertz CT molecular complexity index is 444.